The summed E-state index contributed by atoms with van der Waals surface area (Å²) in [6.07, 6.45) is 3.34. The first-order valence-corrected chi connectivity index (χ1v) is 5.10. The Morgan fingerprint density at radius 3 is 2.85 bits per heavy atom. The minimum Gasteiger partial charge on any atom is -0.238 e. The van der Waals surface area contributed by atoms with Crippen LogP contribution in [-0.4, -0.2) is 9.97 Å². The predicted molar refractivity (Wildman–Crippen MR) is 53.0 cm³/mol. The van der Waals surface area contributed by atoms with Crippen LogP contribution in [0.2, 0.25) is 5.15 Å². The summed E-state index contributed by atoms with van der Waals surface area (Å²) in [4.78, 5) is 8.59. The molecule has 1 aromatic heterocycles. The summed E-state index contributed by atoms with van der Waals surface area (Å²) in [5, 5.41) is 0.665. The Labute approximate surface area is 83.4 Å². The van der Waals surface area contributed by atoms with Crippen molar-refractivity contribution in [3.8, 4) is 0 Å². The summed E-state index contributed by atoms with van der Waals surface area (Å²) in [5.74, 6) is 1.52. The Balaban J connectivity index is 2.40. The fourth-order valence-electron chi connectivity index (χ4n) is 1.91. The normalized spacial score (nSPS) is 20.4. The topological polar surface area (TPSA) is 25.8 Å². The van der Waals surface area contributed by atoms with Crippen molar-refractivity contribution in [2.45, 2.75) is 33.1 Å². The summed E-state index contributed by atoms with van der Waals surface area (Å²) in [7, 11) is 0. The van der Waals surface area contributed by atoms with E-state index in [1.54, 1.807) is 0 Å². The fourth-order valence-corrected chi connectivity index (χ4v) is 2.22. The molecule has 2 nitrogen and oxygen atoms in total. The summed E-state index contributed by atoms with van der Waals surface area (Å²) >= 11 is 6.05. The minimum atomic E-state index is 0.665. The van der Waals surface area contributed by atoms with Gasteiger partial charge in [-0.3, -0.25) is 0 Å². The molecule has 0 fully saturated rings. The summed E-state index contributed by atoms with van der Waals surface area (Å²) < 4.78 is 0. The van der Waals surface area contributed by atoms with Gasteiger partial charge >= 0.3 is 0 Å². The molecule has 0 spiro atoms. The van der Waals surface area contributed by atoms with Gasteiger partial charge in [0.15, 0.2) is 0 Å². The Morgan fingerprint density at radius 1 is 1.38 bits per heavy atom. The highest BCUT2D eigenvalue weighted by molar-refractivity contribution is 6.30. The summed E-state index contributed by atoms with van der Waals surface area (Å²) in [5.41, 5.74) is 2.35. The number of rotatable bonds is 1. The lowest BCUT2D eigenvalue weighted by Crippen LogP contribution is -1.96. The quantitative estimate of drug-likeness (QED) is 0.646. The maximum Gasteiger partial charge on any atom is 0.136 e. The zero-order valence-electron chi connectivity index (χ0n) is 7.97. The van der Waals surface area contributed by atoms with Gasteiger partial charge in [0.1, 0.15) is 11.0 Å². The third-order valence-electron chi connectivity index (χ3n) is 2.71. The molecule has 0 aromatic carbocycles. The van der Waals surface area contributed by atoms with Gasteiger partial charge in [0.25, 0.3) is 0 Å². The molecule has 0 saturated heterocycles. The monoisotopic (exact) mass is 196 g/mol. The van der Waals surface area contributed by atoms with Crippen LogP contribution in [0.4, 0.5) is 0 Å². The van der Waals surface area contributed by atoms with Gasteiger partial charge in [-0.05, 0) is 25.7 Å². The molecule has 2 rings (SSSR count). The second kappa shape index (κ2) is 3.26. The van der Waals surface area contributed by atoms with Crippen molar-refractivity contribution < 1.29 is 0 Å². The third-order valence-corrected chi connectivity index (χ3v) is 3.02. The van der Waals surface area contributed by atoms with Crippen molar-refractivity contribution in [2.24, 2.45) is 5.92 Å². The zero-order chi connectivity index (χ0) is 9.42. The molecule has 1 heterocycles. The van der Waals surface area contributed by atoms with Crippen molar-refractivity contribution in [2.75, 3.05) is 0 Å². The lowest BCUT2D eigenvalue weighted by molar-refractivity contribution is 0.540. The number of fused-ring (bicyclic) bond motifs is 1. The van der Waals surface area contributed by atoms with Gasteiger partial charge in [0.05, 0.1) is 0 Å². The van der Waals surface area contributed by atoms with Gasteiger partial charge < -0.3 is 0 Å². The first kappa shape index (κ1) is 8.95. The summed E-state index contributed by atoms with van der Waals surface area (Å²) in [6, 6.07) is 0. The van der Waals surface area contributed by atoms with Crippen LogP contribution in [0, 0.1) is 12.8 Å². The summed E-state index contributed by atoms with van der Waals surface area (Å²) in [6.45, 7) is 4.11. The molecule has 0 aliphatic heterocycles. The van der Waals surface area contributed by atoms with Crippen molar-refractivity contribution in [3.63, 3.8) is 0 Å². The number of hydrogen-bond acceptors (Lipinski definition) is 2. The molecule has 0 saturated carbocycles. The average molecular weight is 197 g/mol. The molecular formula is C10H13ClN2. The van der Waals surface area contributed by atoms with Crippen LogP contribution in [0.5, 0.6) is 0 Å². The van der Waals surface area contributed by atoms with E-state index >= 15 is 0 Å². The zero-order valence-corrected chi connectivity index (χ0v) is 8.73. The molecule has 0 amide bonds. The molecule has 1 unspecified atom stereocenters. The molecule has 0 radical (unpaired) electrons. The van der Waals surface area contributed by atoms with Gasteiger partial charge in [-0.2, -0.15) is 0 Å². The Hall–Kier alpha value is -0.630. The van der Waals surface area contributed by atoms with Crippen LogP contribution in [0.15, 0.2) is 0 Å². The van der Waals surface area contributed by atoms with Crippen molar-refractivity contribution in [3.05, 3.63) is 22.2 Å². The van der Waals surface area contributed by atoms with Gasteiger partial charge in [0, 0.05) is 11.3 Å². The van der Waals surface area contributed by atoms with Crippen molar-refractivity contribution in [1.29, 1.82) is 0 Å². The van der Waals surface area contributed by atoms with E-state index in [0.717, 1.165) is 24.6 Å². The Morgan fingerprint density at radius 2 is 2.15 bits per heavy atom. The smallest absolute Gasteiger partial charge is 0.136 e. The lowest BCUT2D eigenvalue weighted by Gasteiger charge is -2.01. The SMILES string of the molecule is CCC1Cc2nc(C)nc(Cl)c2C1. The highest BCUT2D eigenvalue weighted by atomic mass is 35.5. The highest BCUT2D eigenvalue weighted by Crippen LogP contribution is 2.31. The van der Waals surface area contributed by atoms with Gasteiger partial charge in [-0.25, -0.2) is 9.97 Å². The molecule has 0 N–H and O–H groups in total. The molecule has 1 aliphatic carbocycles. The molecule has 70 valence electrons. The van der Waals surface area contributed by atoms with Crippen LogP contribution in [0.25, 0.3) is 0 Å². The molecule has 1 atom stereocenters. The number of aromatic nitrogens is 2. The van der Waals surface area contributed by atoms with Crippen LogP contribution in [0.3, 0.4) is 0 Å². The molecular weight excluding hydrogens is 184 g/mol. The third kappa shape index (κ3) is 1.55. The number of hydrogen-bond donors (Lipinski definition) is 0. The Kier molecular flexibility index (Phi) is 2.24. The van der Waals surface area contributed by atoms with Crippen molar-refractivity contribution in [1.82, 2.24) is 9.97 Å². The molecule has 3 heteroatoms. The van der Waals surface area contributed by atoms with Crippen LogP contribution in [-0.2, 0) is 12.8 Å². The Bertz CT molecular complexity index is 336. The van der Waals surface area contributed by atoms with E-state index in [0.29, 0.717) is 5.15 Å². The van der Waals surface area contributed by atoms with E-state index < -0.39 is 0 Å². The van der Waals surface area contributed by atoms with E-state index in [4.69, 9.17) is 11.6 Å². The van der Waals surface area contributed by atoms with E-state index in [2.05, 4.69) is 16.9 Å². The second-order valence-corrected chi connectivity index (χ2v) is 4.03. The van der Waals surface area contributed by atoms with Gasteiger partial charge in [-0.1, -0.05) is 24.9 Å². The first-order valence-electron chi connectivity index (χ1n) is 4.72. The molecule has 13 heavy (non-hydrogen) atoms. The van der Waals surface area contributed by atoms with Gasteiger partial charge in [-0.15, -0.1) is 0 Å². The first-order chi connectivity index (χ1) is 6.20. The van der Waals surface area contributed by atoms with Crippen molar-refractivity contribution >= 4 is 11.6 Å². The standard InChI is InChI=1S/C10H13ClN2/c1-3-7-4-8-9(5-7)12-6(2)13-10(8)11/h7H,3-5H2,1-2H3. The minimum absolute atomic E-state index is 0.665. The maximum absolute atomic E-state index is 6.05. The lowest BCUT2D eigenvalue weighted by atomic mass is 10.0. The second-order valence-electron chi connectivity index (χ2n) is 3.67. The van der Waals surface area contributed by atoms with Crippen LogP contribution in [0.1, 0.15) is 30.4 Å². The van der Waals surface area contributed by atoms with Crippen LogP contribution >= 0.6 is 11.6 Å². The number of aryl methyl sites for hydroxylation is 1. The van der Waals surface area contributed by atoms with Gasteiger partial charge in [0.2, 0.25) is 0 Å². The van der Waals surface area contributed by atoms with Crippen LogP contribution < -0.4 is 0 Å². The largest absolute Gasteiger partial charge is 0.238 e. The van der Waals surface area contributed by atoms with E-state index in [9.17, 15) is 0 Å². The van der Waals surface area contributed by atoms with E-state index in [1.807, 2.05) is 6.92 Å². The van der Waals surface area contributed by atoms with E-state index in [1.165, 1.54) is 17.7 Å². The fraction of sp³-hybridized carbons (Fsp3) is 0.600. The number of halogens is 1. The van der Waals surface area contributed by atoms with E-state index in [-0.39, 0.29) is 0 Å². The number of nitrogens with zero attached hydrogens (tertiary/aromatic N) is 2. The highest BCUT2D eigenvalue weighted by Gasteiger charge is 2.24. The maximum atomic E-state index is 6.05. The molecule has 1 aromatic rings. The molecule has 0 bridgehead atoms. The average Bonchev–Trinajstić information content (AvgIpc) is 2.47. The predicted octanol–water partition coefficient (Wildman–Crippen LogP) is 2.56. The molecule has 1 aliphatic rings.